The Balaban J connectivity index is 1.59. The molecule has 3 rings (SSSR count). The van der Waals surface area contributed by atoms with Crippen molar-refractivity contribution in [2.75, 3.05) is 12.9 Å². The van der Waals surface area contributed by atoms with Crippen LogP contribution in [-0.4, -0.2) is 45.1 Å². The summed E-state index contributed by atoms with van der Waals surface area (Å²) in [5.74, 6) is 2.29. The van der Waals surface area contributed by atoms with Crippen molar-refractivity contribution < 1.29 is 14.3 Å². The molecule has 0 bridgehead atoms. The molecule has 0 spiro atoms. The smallest absolute Gasteiger partial charge is 0.316 e. The summed E-state index contributed by atoms with van der Waals surface area (Å²) in [6.07, 6.45) is 3.29. The lowest BCUT2D eigenvalue weighted by molar-refractivity contribution is -0.152. The zero-order chi connectivity index (χ0) is 20.1. The van der Waals surface area contributed by atoms with Gasteiger partial charge in [-0.15, -0.1) is 5.10 Å². The normalized spacial score (nSPS) is 22.2. The average Bonchev–Trinajstić information content (AvgIpc) is 3.15. The Morgan fingerprint density at radius 2 is 2.04 bits per heavy atom. The first-order chi connectivity index (χ1) is 13.5. The first-order valence-corrected chi connectivity index (χ1v) is 10.7. The van der Waals surface area contributed by atoms with E-state index in [4.69, 9.17) is 9.47 Å². The van der Waals surface area contributed by atoms with Gasteiger partial charge in [0.05, 0.1) is 18.6 Å². The molecule has 1 fully saturated rings. The Hall–Kier alpha value is -2.09. The summed E-state index contributed by atoms with van der Waals surface area (Å²) in [7, 11) is 1.62. The number of tetrazole rings is 1. The molecule has 1 aromatic heterocycles. The van der Waals surface area contributed by atoms with E-state index < -0.39 is 0 Å². The minimum Gasteiger partial charge on any atom is -0.497 e. The van der Waals surface area contributed by atoms with Crippen LogP contribution in [0, 0.1) is 17.8 Å². The number of carbonyl (C=O) groups excluding carboxylic acids is 1. The minimum atomic E-state index is -0.209. The Morgan fingerprint density at radius 3 is 2.71 bits per heavy atom. The van der Waals surface area contributed by atoms with E-state index in [0.717, 1.165) is 24.3 Å². The van der Waals surface area contributed by atoms with Gasteiger partial charge in [0.2, 0.25) is 5.16 Å². The number of thioether (sulfide) groups is 1. The number of aromatic nitrogens is 4. The van der Waals surface area contributed by atoms with Gasteiger partial charge in [-0.2, -0.15) is 4.68 Å². The highest BCUT2D eigenvalue weighted by atomic mass is 32.2. The highest BCUT2D eigenvalue weighted by molar-refractivity contribution is 7.99. The van der Waals surface area contributed by atoms with E-state index in [0.29, 0.717) is 22.9 Å². The fraction of sp³-hybridized carbons (Fsp3) is 0.600. The number of hydrogen-bond donors (Lipinski definition) is 0. The lowest BCUT2D eigenvalue weighted by Crippen LogP contribution is -2.36. The molecular formula is C20H28N4O3S. The van der Waals surface area contributed by atoms with Gasteiger partial charge in [-0.1, -0.05) is 39.0 Å². The van der Waals surface area contributed by atoms with Gasteiger partial charge in [0.15, 0.2) is 0 Å². The molecule has 0 saturated heterocycles. The van der Waals surface area contributed by atoms with Gasteiger partial charge in [0.1, 0.15) is 11.9 Å². The van der Waals surface area contributed by atoms with E-state index in [2.05, 4.69) is 36.3 Å². The van der Waals surface area contributed by atoms with Crippen molar-refractivity contribution in [3.63, 3.8) is 0 Å². The molecule has 152 valence electrons. The second-order valence-electron chi connectivity index (χ2n) is 7.71. The number of hydrogen-bond acceptors (Lipinski definition) is 7. The number of ether oxygens (including phenoxy) is 2. The summed E-state index contributed by atoms with van der Waals surface area (Å²) in [4.78, 5) is 12.5. The van der Waals surface area contributed by atoms with Crippen molar-refractivity contribution >= 4 is 17.7 Å². The number of methoxy groups -OCH3 is 1. The summed E-state index contributed by atoms with van der Waals surface area (Å²) in [5.41, 5.74) is 0.808. The molecule has 1 aliphatic carbocycles. The topological polar surface area (TPSA) is 79.1 Å². The number of benzene rings is 1. The fourth-order valence-electron chi connectivity index (χ4n) is 3.73. The Bertz CT molecular complexity index is 778. The van der Waals surface area contributed by atoms with Crippen LogP contribution >= 0.6 is 11.8 Å². The molecule has 1 heterocycles. The summed E-state index contributed by atoms with van der Waals surface area (Å²) in [6.45, 7) is 6.65. The third-order valence-electron chi connectivity index (χ3n) is 5.32. The zero-order valence-corrected chi connectivity index (χ0v) is 17.7. The van der Waals surface area contributed by atoms with Crippen LogP contribution in [0.2, 0.25) is 0 Å². The van der Waals surface area contributed by atoms with Gasteiger partial charge in [-0.3, -0.25) is 4.79 Å². The summed E-state index contributed by atoms with van der Waals surface area (Å²) in [6, 6.07) is 7.43. The summed E-state index contributed by atoms with van der Waals surface area (Å²) < 4.78 is 12.6. The van der Waals surface area contributed by atoms with Crippen molar-refractivity contribution in [3.05, 3.63) is 24.3 Å². The molecule has 1 aliphatic rings. The van der Waals surface area contributed by atoms with E-state index in [1.54, 1.807) is 11.8 Å². The molecule has 7 nitrogen and oxygen atoms in total. The Morgan fingerprint density at radius 1 is 1.29 bits per heavy atom. The molecule has 1 saturated carbocycles. The van der Waals surface area contributed by atoms with Crippen LogP contribution < -0.4 is 4.74 Å². The van der Waals surface area contributed by atoms with Crippen molar-refractivity contribution in [3.8, 4) is 11.4 Å². The van der Waals surface area contributed by atoms with Crippen LogP contribution in [-0.2, 0) is 9.53 Å². The first-order valence-electron chi connectivity index (χ1n) is 9.73. The van der Waals surface area contributed by atoms with Gasteiger partial charge in [0.25, 0.3) is 0 Å². The molecule has 0 aliphatic heterocycles. The fourth-order valence-corrected chi connectivity index (χ4v) is 4.40. The van der Waals surface area contributed by atoms with Gasteiger partial charge in [-0.25, -0.2) is 0 Å². The van der Waals surface area contributed by atoms with E-state index in [1.807, 2.05) is 24.3 Å². The SMILES string of the molecule is COc1ccc(-n2nnnc2SCC(=O)O[C@@H]2C[C@H](C)CC[C@H]2C(C)C)cc1. The van der Waals surface area contributed by atoms with Crippen molar-refractivity contribution in [2.24, 2.45) is 17.8 Å². The maximum atomic E-state index is 12.5. The maximum absolute atomic E-state index is 12.5. The quantitative estimate of drug-likeness (QED) is 0.513. The van der Waals surface area contributed by atoms with Gasteiger partial charge in [-0.05, 0) is 65.3 Å². The third kappa shape index (κ3) is 5.04. The van der Waals surface area contributed by atoms with Gasteiger partial charge >= 0.3 is 5.97 Å². The Kier molecular flexibility index (Phi) is 6.93. The van der Waals surface area contributed by atoms with E-state index in [1.165, 1.54) is 18.2 Å². The van der Waals surface area contributed by atoms with Crippen molar-refractivity contribution in [1.29, 1.82) is 0 Å². The molecule has 0 radical (unpaired) electrons. The number of carbonyl (C=O) groups is 1. The predicted molar refractivity (Wildman–Crippen MR) is 108 cm³/mol. The Labute approximate surface area is 170 Å². The molecule has 0 amide bonds. The summed E-state index contributed by atoms with van der Waals surface area (Å²) in [5, 5.41) is 12.4. The van der Waals surface area contributed by atoms with Crippen molar-refractivity contribution in [2.45, 2.75) is 51.3 Å². The molecule has 28 heavy (non-hydrogen) atoms. The van der Waals surface area contributed by atoms with Crippen molar-refractivity contribution in [1.82, 2.24) is 20.2 Å². The molecule has 0 N–H and O–H groups in total. The molecular weight excluding hydrogens is 376 g/mol. The maximum Gasteiger partial charge on any atom is 0.316 e. The zero-order valence-electron chi connectivity index (χ0n) is 16.9. The van der Waals surface area contributed by atoms with Crippen LogP contribution in [0.1, 0.15) is 40.0 Å². The second kappa shape index (κ2) is 9.41. The molecule has 8 heteroatoms. The lowest BCUT2D eigenvalue weighted by atomic mass is 9.75. The van der Waals surface area contributed by atoms with Crippen LogP contribution in [0.4, 0.5) is 0 Å². The molecule has 1 aromatic carbocycles. The highest BCUT2D eigenvalue weighted by Crippen LogP contribution is 2.35. The third-order valence-corrected chi connectivity index (χ3v) is 6.21. The van der Waals surface area contributed by atoms with Crippen LogP contribution in [0.25, 0.3) is 5.69 Å². The highest BCUT2D eigenvalue weighted by Gasteiger charge is 2.33. The van der Waals surface area contributed by atoms with Gasteiger partial charge < -0.3 is 9.47 Å². The van der Waals surface area contributed by atoms with E-state index in [9.17, 15) is 4.79 Å². The van der Waals surface area contributed by atoms with Crippen LogP contribution in [0.5, 0.6) is 5.75 Å². The predicted octanol–water partition coefficient (Wildman–Crippen LogP) is 3.77. The van der Waals surface area contributed by atoms with Gasteiger partial charge in [0, 0.05) is 0 Å². The lowest BCUT2D eigenvalue weighted by Gasteiger charge is -2.36. The number of esters is 1. The second-order valence-corrected chi connectivity index (χ2v) is 8.66. The molecule has 3 atom stereocenters. The summed E-state index contributed by atoms with van der Waals surface area (Å²) >= 11 is 1.29. The minimum absolute atomic E-state index is 0.00873. The average molecular weight is 405 g/mol. The van der Waals surface area contributed by atoms with E-state index in [-0.39, 0.29) is 17.8 Å². The van der Waals surface area contributed by atoms with E-state index >= 15 is 0 Å². The number of rotatable bonds is 7. The van der Waals surface area contributed by atoms with Crippen LogP contribution in [0.15, 0.2) is 29.4 Å². The molecule has 0 unspecified atom stereocenters. The monoisotopic (exact) mass is 404 g/mol. The molecule has 2 aromatic rings. The largest absolute Gasteiger partial charge is 0.497 e. The first kappa shape index (κ1) is 20.6. The number of nitrogens with zero attached hydrogens (tertiary/aromatic N) is 4. The van der Waals surface area contributed by atoms with Crippen LogP contribution in [0.3, 0.4) is 0 Å². The standard InChI is InChI=1S/C20H28N4O3S/c1-13(2)17-10-5-14(3)11-18(17)27-19(25)12-28-20-21-22-23-24(20)15-6-8-16(26-4)9-7-15/h6-9,13-14,17-18H,5,10-12H2,1-4H3/t14-,17+,18-/m1/s1.